The van der Waals surface area contributed by atoms with E-state index in [1.807, 2.05) is 0 Å². The van der Waals surface area contributed by atoms with E-state index in [4.69, 9.17) is 10.5 Å². The molecule has 0 saturated carbocycles. The molecule has 3 rings (SSSR count). The van der Waals surface area contributed by atoms with Gasteiger partial charge in [-0.1, -0.05) is 0 Å². The molecule has 138 valence electrons. The van der Waals surface area contributed by atoms with Crippen LogP contribution in [0.4, 0.5) is 0 Å². The summed E-state index contributed by atoms with van der Waals surface area (Å²) in [6, 6.07) is 6.31. The topological polar surface area (TPSA) is 103 Å². The molecule has 1 atom stereocenters. The highest BCUT2D eigenvalue weighted by molar-refractivity contribution is 7.89. The van der Waals surface area contributed by atoms with Crippen LogP contribution in [-0.4, -0.2) is 46.6 Å². The minimum absolute atomic E-state index is 0. The maximum atomic E-state index is 12.6. The fraction of sp³-hybridized carbons (Fsp3) is 0.467. The summed E-state index contributed by atoms with van der Waals surface area (Å²) >= 11 is 0. The van der Waals surface area contributed by atoms with Gasteiger partial charge in [0.2, 0.25) is 10.0 Å². The third-order valence-corrected chi connectivity index (χ3v) is 5.93. The molecular formula is C15H22ClN5O3S. The Balaban J connectivity index is 0.00000225. The normalized spacial score (nSPS) is 18.6. The Morgan fingerprint density at radius 1 is 1.32 bits per heavy atom. The van der Waals surface area contributed by atoms with Crippen LogP contribution in [0.25, 0.3) is 0 Å². The van der Waals surface area contributed by atoms with Crippen molar-refractivity contribution in [3.8, 4) is 5.75 Å². The third-order valence-electron chi connectivity index (χ3n) is 4.06. The molecule has 10 heteroatoms. The van der Waals surface area contributed by atoms with Gasteiger partial charge in [-0.25, -0.2) is 13.4 Å². The lowest BCUT2D eigenvalue weighted by Gasteiger charge is -2.29. The van der Waals surface area contributed by atoms with E-state index in [1.165, 1.54) is 10.6 Å². The molecular weight excluding hydrogens is 366 g/mol. The van der Waals surface area contributed by atoms with Gasteiger partial charge in [-0.3, -0.25) is 4.68 Å². The van der Waals surface area contributed by atoms with Gasteiger partial charge in [0.05, 0.1) is 4.90 Å². The Morgan fingerprint density at radius 2 is 2.04 bits per heavy atom. The summed E-state index contributed by atoms with van der Waals surface area (Å²) in [4.78, 5) is 4.32. The first kappa shape index (κ1) is 19.6. The second kappa shape index (κ2) is 8.13. The van der Waals surface area contributed by atoms with E-state index in [1.54, 1.807) is 36.0 Å². The number of rotatable bonds is 5. The van der Waals surface area contributed by atoms with Crippen LogP contribution in [0.3, 0.4) is 0 Å². The summed E-state index contributed by atoms with van der Waals surface area (Å²) < 4.78 is 34.0. The Hall–Kier alpha value is -1.68. The van der Waals surface area contributed by atoms with Crippen LogP contribution in [-0.2, 0) is 23.7 Å². The molecule has 1 unspecified atom stereocenters. The molecule has 2 N–H and O–H groups in total. The molecule has 1 fully saturated rings. The maximum absolute atomic E-state index is 12.6. The van der Waals surface area contributed by atoms with E-state index in [9.17, 15) is 8.42 Å². The quantitative estimate of drug-likeness (QED) is 0.818. The maximum Gasteiger partial charge on any atom is 0.243 e. The van der Waals surface area contributed by atoms with Gasteiger partial charge in [0.1, 0.15) is 18.7 Å². The van der Waals surface area contributed by atoms with E-state index in [2.05, 4.69) is 10.1 Å². The summed E-state index contributed by atoms with van der Waals surface area (Å²) in [7, 11) is -1.72. The summed E-state index contributed by atoms with van der Waals surface area (Å²) in [5.74, 6) is 1.27. The summed E-state index contributed by atoms with van der Waals surface area (Å²) in [6.45, 7) is 1.15. The van der Waals surface area contributed by atoms with E-state index in [0.717, 1.165) is 12.8 Å². The van der Waals surface area contributed by atoms with Crippen LogP contribution in [0.15, 0.2) is 35.5 Å². The number of nitrogens with two attached hydrogens (primary N) is 1. The largest absolute Gasteiger partial charge is 0.486 e. The van der Waals surface area contributed by atoms with Gasteiger partial charge in [-0.15, -0.1) is 12.4 Å². The number of aromatic nitrogens is 3. The fourth-order valence-corrected chi connectivity index (χ4v) is 4.18. The number of piperidine rings is 1. The van der Waals surface area contributed by atoms with Crippen LogP contribution in [0, 0.1) is 0 Å². The van der Waals surface area contributed by atoms with Gasteiger partial charge in [-0.2, -0.15) is 9.40 Å². The van der Waals surface area contributed by atoms with E-state index in [0.29, 0.717) is 24.7 Å². The molecule has 1 saturated heterocycles. The van der Waals surface area contributed by atoms with E-state index >= 15 is 0 Å². The Labute approximate surface area is 153 Å². The molecule has 0 bridgehead atoms. The van der Waals surface area contributed by atoms with Crippen molar-refractivity contribution in [1.82, 2.24) is 19.1 Å². The van der Waals surface area contributed by atoms with Crippen molar-refractivity contribution in [1.29, 1.82) is 0 Å². The molecule has 1 aliphatic heterocycles. The fourth-order valence-electron chi connectivity index (χ4n) is 2.65. The van der Waals surface area contributed by atoms with E-state index in [-0.39, 0.29) is 30.0 Å². The zero-order chi connectivity index (χ0) is 17.2. The highest BCUT2D eigenvalue weighted by Gasteiger charge is 2.28. The standard InChI is InChI=1S/C15H21N5O3S.ClH/c1-19-15(17-11-18-19)10-23-13-4-6-14(7-5-13)24(21,22)20-8-2-3-12(16)9-20;/h4-7,11-12H,2-3,8-10,16H2,1H3;1H. The van der Waals surface area contributed by atoms with Crippen LogP contribution in [0.1, 0.15) is 18.7 Å². The van der Waals surface area contributed by atoms with Crippen molar-refractivity contribution in [2.45, 2.75) is 30.4 Å². The Kier molecular flexibility index (Phi) is 6.39. The molecule has 1 aromatic carbocycles. The molecule has 0 amide bonds. The zero-order valence-electron chi connectivity index (χ0n) is 13.9. The number of halogens is 1. The molecule has 1 aliphatic rings. The number of sulfonamides is 1. The van der Waals surface area contributed by atoms with Gasteiger partial charge < -0.3 is 10.5 Å². The van der Waals surface area contributed by atoms with Crippen LogP contribution >= 0.6 is 12.4 Å². The number of benzene rings is 1. The third kappa shape index (κ3) is 4.49. The average Bonchev–Trinajstić information content (AvgIpc) is 2.98. The molecule has 0 aliphatic carbocycles. The number of ether oxygens (including phenoxy) is 1. The van der Waals surface area contributed by atoms with Crippen LogP contribution in [0.2, 0.25) is 0 Å². The van der Waals surface area contributed by atoms with E-state index < -0.39 is 10.0 Å². The first-order valence-electron chi connectivity index (χ1n) is 7.78. The Bertz CT molecular complexity index is 794. The zero-order valence-corrected chi connectivity index (χ0v) is 15.5. The lowest BCUT2D eigenvalue weighted by atomic mass is 10.1. The van der Waals surface area contributed by atoms with Gasteiger partial charge in [0.25, 0.3) is 0 Å². The van der Waals surface area contributed by atoms with Crippen molar-refractivity contribution in [3.05, 3.63) is 36.4 Å². The van der Waals surface area contributed by atoms with Crippen molar-refractivity contribution in [3.63, 3.8) is 0 Å². The molecule has 8 nitrogen and oxygen atoms in total. The van der Waals surface area contributed by atoms with Crippen LogP contribution in [0.5, 0.6) is 5.75 Å². The average molecular weight is 388 g/mol. The molecule has 2 heterocycles. The van der Waals surface area contributed by atoms with Crippen molar-refractivity contribution in [2.75, 3.05) is 13.1 Å². The van der Waals surface area contributed by atoms with Gasteiger partial charge in [0.15, 0.2) is 5.82 Å². The SMILES string of the molecule is Cl.Cn1ncnc1COc1ccc(S(=O)(=O)N2CCCC(N)C2)cc1. The molecule has 2 aromatic rings. The molecule has 0 radical (unpaired) electrons. The number of aryl methyl sites for hydroxylation is 1. The summed E-state index contributed by atoms with van der Waals surface area (Å²) in [5.41, 5.74) is 5.88. The second-order valence-corrected chi connectivity index (χ2v) is 7.76. The molecule has 25 heavy (non-hydrogen) atoms. The number of hydrogen-bond donors (Lipinski definition) is 1. The highest BCUT2D eigenvalue weighted by Crippen LogP contribution is 2.22. The number of hydrogen-bond acceptors (Lipinski definition) is 6. The summed E-state index contributed by atoms with van der Waals surface area (Å²) in [6.07, 6.45) is 3.11. The number of nitrogens with zero attached hydrogens (tertiary/aromatic N) is 4. The highest BCUT2D eigenvalue weighted by atomic mass is 35.5. The predicted octanol–water partition coefficient (Wildman–Crippen LogP) is 0.928. The van der Waals surface area contributed by atoms with Crippen molar-refractivity contribution in [2.24, 2.45) is 12.8 Å². The Morgan fingerprint density at radius 3 is 2.64 bits per heavy atom. The minimum atomic E-state index is -3.51. The lowest BCUT2D eigenvalue weighted by molar-refractivity contribution is 0.289. The first-order valence-corrected chi connectivity index (χ1v) is 9.22. The molecule has 0 spiro atoms. The van der Waals surface area contributed by atoms with Crippen molar-refractivity contribution >= 4 is 22.4 Å². The monoisotopic (exact) mass is 387 g/mol. The smallest absolute Gasteiger partial charge is 0.243 e. The van der Waals surface area contributed by atoms with Gasteiger partial charge in [0, 0.05) is 26.2 Å². The van der Waals surface area contributed by atoms with Gasteiger partial charge in [-0.05, 0) is 37.1 Å². The predicted molar refractivity (Wildman–Crippen MR) is 95.0 cm³/mol. The van der Waals surface area contributed by atoms with Crippen LogP contribution < -0.4 is 10.5 Å². The minimum Gasteiger partial charge on any atom is -0.486 e. The molecule has 1 aromatic heterocycles. The first-order chi connectivity index (χ1) is 11.5. The second-order valence-electron chi connectivity index (χ2n) is 5.83. The summed E-state index contributed by atoms with van der Waals surface area (Å²) in [5, 5.41) is 3.96. The lowest BCUT2D eigenvalue weighted by Crippen LogP contribution is -2.45. The van der Waals surface area contributed by atoms with Gasteiger partial charge >= 0.3 is 0 Å². The van der Waals surface area contributed by atoms with Crippen molar-refractivity contribution < 1.29 is 13.2 Å².